The molecule has 1 saturated carbocycles. The summed E-state index contributed by atoms with van der Waals surface area (Å²) in [6.07, 6.45) is 4.75. The number of hydrogen-bond donors (Lipinski definition) is 3. The lowest BCUT2D eigenvalue weighted by Crippen LogP contribution is -2.38. The molecule has 0 spiro atoms. The number of aromatic nitrogens is 2. The van der Waals surface area contributed by atoms with Crippen LogP contribution >= 0.6 is 0 Å². The molecule has 1 aliphatic rings. The summed E-state index contributed by atoms with van der Waals surface area (Å²) in [5.74, 6) is -0.999. The normalized spacial score (nSPS) is 14.2. The zero-order valence-corrected chi connectivity index (χ0v) is 10.3. The van der Waals surface area contributed by atoms with Crippen molar-refractivity contribution in [2.45, 2.75) is 25.4 Å². The second-order valence-corrected chi connectivity index (χ2v) is 4.40. The van der Waals surface area contributed by atoms with Crippen molar-refractivity contribution in [3.63, 3.8) is 0 Å². The monoisotopic (exact) mass is 268 g/mol. The van der Waals surface area contributed by atoms with E-state index in [-0.39, 0.29) is 25.2 Å². The topological polar surface area (TPSA) is 108 Å². The highest BCUT2D eigenvalue weighted by Gasteiger charge is 2.32. The van der Waals surface area contributed by atoms with Crippen LogP contribution < -0.4 is 5.32 Å². The zero-order chi connectivity index (χ0) is 13.8. The van der Waals surface area contributed by atoms with Crippen LogP contribution in [0.5, 0.6) is 0 Å². The predicted molar refractivity (Wildman–Crippen MR) is 65.7 cm³/mol. The maximum atomic E-state index is 12.0. The molecule has 8 heteroatoms. The minimum atomic E-state index is -0.999. The molecular formula is C11H16N4O4. The van der Waals surface area contributed by atoms with Crippen LogP contribution in [0, 0.1) is 0 Å². The molecule has 0 aromatic carbocycles. The van der Waals surface area contributed by atoms with Gasteiger partial charge >= 0.3 is 12.0 Å². The van der Waals surface area contributed by atoms with E-state index >= 15 is 0 Å². The Morgan fingerprint density at radius 3 is 2.84 bits per heavy atom. The Bertz CT molecular complexity index is 469. The molecular weight excluding hydrogens is 252 g/mol. The molecule has 0 radical (unpaired) electrons. The Morgan fingerprint density at radius 1 is 1.53 bits per heavy atom. The average molecular weight is 268 g/mol. The Labute approximate surface area is 109 Å². The molecule has 0 saturated heterocycles. The summed E-state index contributed by atoms with van der Waals surface area (Å²) >= 11 is 0. The van der Waals surface area contributed by atoms with Gasteiger partial charge in [0, 0.05) is 18.8 Å². The number of amides is 2. The quantitative estimate of drug-likeness (QED) is 0.670. The fourth-order valence-electron chi connectivity index (χ4n) is 1.79. The van der Waals surface area contributed by atoms with E-state index < -0.39 is 5.97 Å². The summed E-state index contributed by atoms with van der Waals surface area (Å²) in [4.78, 5) is 24.1. The largest absolute Gasteiger partial charge is 0.480 e. The van der Waals surface area contributed by atoms with Crippen LogP contribution in [0.3, 0.4) is 0 Å². The molecule has 1 heterocycles. The summed E-state index contributed by atoms with van der Waals surface area (Å²) in [5.41, 5.74) is 0.440. The maximum Gasteiger partial charge on any atom is 0.325 e. The molecule has 0 atom stereocenters. The number of carboxylic acid groups (broad SMARTS) is 1. The van der Waals surface area contributed by atoms with Gasteiger partial charge < -0.3 is 20.4 Å². The van der Waals surface area contributed by atoms with Crippen LogP contribution in [-0.2, 0) is 11.3 Å². The minimum Gasteiger partial charge on any atom is -0.480 e. The number of anilines is 1. The van der Waals surface area contributed by atoms with Crippen LogP contribution in [-0.4, -0.2) is 56.1 Å². The van der Waals surface area contributed by atoms with Crippen molar-refractivity contribution in [1.29, 1.82) is 0 Å². The number of urea groups is 1. The van der Waals surface area contributed by atoms with Crippen LogP contribution in [0.2, 0.25) is 0 Å². The van der Waals surface area contributed by atoms with Gasteiger partial charge in [-0.25, -0.2) is 4.79 Å². The van der Waals surface area contributed by atoms with Crippen LogP contribution in [0.15, 0.2) is 12.4 Å². The molecule has 1 aromatic rings. The first-order valence-electron chi connectivity index (χ1n) is 6.03. The summed E-state index contributed by atoms with van der Waals surface area (Å²) in [7, 11) is 0. The average Bonchev–Trinajstić information content (AvgIpc) is 3.08. The molecule has 104 valence electrons. The Balaban J connectivity index is 1.93. The second-order valence-electron chi connectivity index (χ2n) is 4.40. The smallest absolute Gasteiger partial charge is 0.325 e. The lowest BCUT2D eigenvalue weighted by atomic mass is 10.5. The zero-order valence-electron chi connectivity index (χ0n) is 10.3. The third-order valence-electron chi connectivity index (χ3n) is 2.77. The van der Waals surface area contributed by atoms with E-state index in [4.69, 9.17) is 10.2 Å². The Kier molecular flexibility index (Phi) is 4.00. The third kappa shape index (κ3) is 3.68. The molecule has 2 amide bonds. The van der Waals surface area contributed by atoms with Gasteiger partial charge in [0.15, 0.2) is 0 Å². The Morgan fingerprint density at radius 2 is 2.26 bits per heavy atom. The highest BCUT2D eigenvalue weighted by Crippen LogP contribution is 2.27. The van der Waals surface area contributed by atoms with Gasteiger partial charge in [-0.15, -0.1) is 0 Å². The van der Waals surface area contributed by atoms with Gasteiger partial charge in [-0.1, -0.05) is 0 Å². The van der Waals surface area contributed by atoms with Crippen LogP contribution in [0.25, 0.3) is 0 Å². The molecule has 0 bridgehead atoms. The van der Waals surface area contributed by atoms with Gasteiger partial charge in [0.05, 0.1) is 18.5 Å². The number of hydrogen-bond acceptors (Lipinski definition) is 4. The van der Waals surface area contributed by atoms with E-state index in [0.717, 1.165) is 12.8 Å². The standard InChI is InChI=1S/C11H16N4O4/c16-4-3-15(9-1-2-9)11(19)13-8-5-12-14(6-8)7-10(17)18/h5-6,9,16H,1-4,7H2,(H,13,19)(H,17,18). The summed E-state index contributed by atoms with van der Waals surface area (Å²) in [6, 6.07) is -0.104. The van der Waals surface area contributed by atoms with Gasteiger partial charge in [0.2, 0.25) is 0 Å². The van der Waals surface area contributed by atoms with E-state index in [1.807, 2.05) is 0 Å². The molecule has 0 unspecified atom stereocenters. The highest BCUT2D eigenvalue weighted by atomic mass is 16.4. The van der Waals surface area contributed by atoms with E-state index in [9.17, 15) is 9.59 Å². The molecule has 19 heavy (non-hydrogen) atoms. The summed E-state index contributed by atoms with van der Waals surface area (Å²) < 4.78 is 1.23. The van der Waals surface area contributed by atoms with Crippen LogP contribution in [0.1, 0.15) is 12.8 Å². The van der Waals surface area contributed by atoms with Crippen molar-refractivity contribution >= 4 is 17.7 Å². The van der Waals surface area contributed by atoms with Crippen molar-refractivity contribution in [1.82, 2.24) is 14.7 Å². The van der Waals surface area contributed by atoms with Crippen molar-refractivity contribution in [2.24, 2.45) is 0 Å². The first-order chi connectivity index (χ1) is 9.10. The number of aliphatic carboxylic acids is 1. The van der Waals surface area contributed by atoms with Gasteiger partial charge in [0.1, 0.15) is 6.54 Å². The highest BCUT2D eigenvalue weighted by molar-refractivity contribution is 5.89. The van der Waals surface area contributed by atoms with E-state index in [1.54, 1.807) is 4.90 Å². The van der Waals surface area contributed by atoms with Crippen molar-refractivity contribution in [2.75, 3.05) is 18.5 Å². The number of nitrogens with one attached hydrogen (secondary N) is 1. The van der Waals surface area contributed by atoms with E-state index in [0.29, 0.717) is 12.2 Å². The molecule has 1 fully saturated rings. The predicted octanol–water partition coefficient (Wildman–Crippen LogP) is -0.0437. The van der Waals surface area contributed by atoms with Crippen molar-refractivity contribution < 1.29 is 19.8 Å². The van der Waals surface area contributed by atoms with Crippen molar-refractivity contribution in [3.8, 4) is 0 Å². The summed E-state index contributed by atoms with van der Waals surface area (Å²) in [5, 5.41) is 24.0. The molecule has 3 N–H and O–H groups in total. The van der Waals surface area contributed by atoms with E-state index in [2.05, 4.69) is 10.4 Å². The second kappa shape index (κ2) is 5.70. The number of aliphatic hydroxyl groups is 1. The molecule has 1 aromatic heterocycles. The first kappa shape index (κ1) is 13.3. The number of carboxylic acids is 1. The van der Waals surface area contributed by atoms with Gasteiger partial charge in [-0.05, 0) is 12.8 Å². The molecule has 8 nitrogen and oxygen atoms in total. The van der Waals surface area contributed by atoms with Crippen molar-refractivity contribution in [3.05, 3.63) is 12.4 Å². The summed E-state index contributed by atoms with van der Waals surface area (Å²) in [6.45, 7) is -0.0409. The minimum absolute atomic E-state index is 0.0812. The fraction of sp³-hybridized carbons (Fsp3) is 0.545. The van der Waals surface area contributed by atoms with Gasteiger partial charge in [0.25, 0.3) is 0 Å². The van der Waals surface area contributed by atoms with Gasteiger partial charge in [-0.2, -0.15) is 5.10 Å². The fourth-order valence-corrected chi connectivity index (χ4v) is 1.79. The first-order valence-corrected chi connectivity index (χ1v) is 6.03. The van der Waals surface area contributed by atoms with Crippen LogP contribution in [0.4, 0.5) is 10.5 Å². The number of carbonyl (C=O) groups excluding carboxylic acids is 1. The lowest BCUT2D eigenvalue weighted by Gasteiger charge is -2.21. The van der Waals surface area contributed by atoms with Gasteiger partial charge in [-0.3, -0.25) is 9.48 Å². The lowest BCUT2D eigenvalue weighted by molar-refractivity contribution is -0.137. The SMILES string of the molecule is O=C(O)Cn1cc(NC(=O)N(CCO)C2CC2)cn1. The number of aliphatic hydroxyl groups excluding tert-OH is 1. The maximum absolute atomic E-state index is 12.0. The third-order valence-corrected chi connectivity index (χ3v) is 2.77. The molecule has 1 aliphatic carbocycles. The Hall–Kier alpha value is -2.09. The number of carbonyl (C=O) groups is 2. The number of nitrogens with zero attached hydrogens (tertiary/aromatic N) is 3. The molecule has 2 rings (SSSR count). The number of rotatable bonds is 6. The molecule has 0 aliphatic heterocycles. The van der Waals surface area contributed by atoms with E-state index in [1.165, 1.54) is 17.1 Å².